The fourth-order valence-electron chi connectivity index (χ4n) is 0.983. The Morgan fingerprint density at radius 2 is 1.80 bits per heavy atom. The zero-order valence-corrected chi connectivity index (χ0v) is 10.3. The molecule has 0 aliphatic carbocycles. The second-order valence-corrected chi connectivity index (χ2v) is 3.83. The van der Waals surface area contributed by atoms with Crippen LogP contribution in [0.1, 0.15) is 34.6 Å². The van der Waals surface area contributed by atoms with Gasteiger partial charge >= 0.3 is 5.97 Å². The second-order valence-electron chi connectivity index (χ2n) is 3.83. The van der Waals surface area contributed by atoms with Crippen molar-refractivity contribution in [3.05, 3.63) is 0 Å². The van der Waals surface area contributed by atoms with E-state index in [0.717, 1.165) is 0 Å². The zero-order valence-electron chi connectivity index (χ0n) is 10.3. The minimum absolute atomic E-state index is 0.338. The number of carbonyl (C=O) groups is 1. The summed E-state index contributed by atoms with van der Waals surface area (Å²) in [6, 6.07) is 0. The van der Waals surface area contributed by atoms with Gasteiger partial charge in [0.05, 0.1) is 6.61 Å². The van der Waals surface area contributed by atoms with Crippen LogP contribution in [0.15, 0.2) is 0 Å². The summed E-state index contributed by atoms with van der Waals surface area (Å²) in [6.07, 6.45) is -0.957. The van der Waals surface area contributed by atoms with E-state index in [0.29, 0.717) is 19.1 Å². The highest BCUT2D eigenvalue weighted by molar-refractivity contribution is 5.74. The summed E-state index contributed by atoms with van der Waals surface area (Å²) >= 11 is 0. The van der Waals surface area contributed by atoms with Gasteiger partial charge in [-0.1, -0.05) is 13.8 Å². The van der Waals surface area contributed by atoms with Crippen molar-refractivity contribution in [1.82, 2.24) is 0 Å². The Kier molecular flexibility index (Phi) is 7.34. The molecule has 0 aliphatic rings. The maximum atomic E-state index is 11.4. The molecule has 0 amide bonds. The Morgan fingerprint density at radius 3 is 2.27 bits per heavy atom. The van der Waals surface area contributed by atoms with Crippen molar-refractivity contribution in [1.29, 1.82) is 0 Å². The highest BCUT2D eigenvalue weighted by atomic mass is 16.7. The molecule has 4 heteroatoms. The Morgan fingerprint density at radius 1 is 1.20 bits per heavy atom. The highest BCUT2D eigenvalue weighted by Gasteiger charge is 2.18. The fourth-order valence-corrected chi connectivity index (χ4v) is 0.983. The number of hydrogen-bond acceptors (Lipinski definition) is 4. The van der Waals surface area contributed by atoms with Crippen LogP contribution in [0.25, 0.3) is 0 Å². The quantitative estimate of drug-likeness (QED) is 0.484. The van der Waals surface area contributed by atoms with Crippen LogP contribution in [-0.2, 0) is 19.0 Å². The molecule has 0 aromatic heterocycles. The van der Waals surface area contributed by atoms with Crippen LogP contribution in [0.4, 0.5) is 0 Å². The van der Waals surface area contributed by atoms with Crippen LogP contribution in [0, 0.1) is 5.92 Å². The van der Waals surface area contributed by atoms with Crippen LogP contribution in [0.3, 0.4) is 0 Å². The molecule has 0 rings (SSSR count). The summed E-state index contributed by atoms with van der Waals surface area (Å²) in [6.45, 7) is 10.3. The Hall–Kier alpha value is -0.610. The topological polar surface area (TPSA) is 44.8 Å². The van der Waals surface area contributed by atoms with Crippen molar-refractivity contribution in [2.75, 3.05) is 13.2 Å². The molecule has 1 unspecified atom stereocenters. The third-order valence-corrected chi connectivity index (χ3v) is 1.69. The lowest BCUT2D eigenvalue weighted by molar-refractivity contribution is -0.185. The molecule has 0 N–H and O–H groups in total. The van der Waals surface area contributed by atoms with Crippen molar-refractivity contribution in [3.8, 4) is 0 Å². The summed E-state index contributed by atoms with van der Waals surface area (Å²) in [7, 11) is 0. The lowest BCUT2D eigenvalue weighted by Crippen LogP contribution is -2.29. The maximum Gasteiger partial charge on any atom is 0.335 e. The smallest absolute Gasteiger partial charge is 0.335 e. The molecular weight excluding hydrogens is 196 g/mol. The summed E-state index contributed by atoms with van der Waals surface area (Å²) in [5, 5.41) is 0. The van der Waals surface area contributed by atoms with E-state index in [1.807, 2.05) is 20.8 Å². The first-order valence-electron chi connectivity index (χ1n) is 5.41. The third-order valence-electron chi connectivity index (χ3n) is 1.69. The number of rotatable bonds is 7. The average Bonchev–Trinajstić information content (AvgIpc) is 2.14. The normalized spacial score (nSPS) is 15.1. The van der Waals surface area contributed by atoms with Crippen molar-refractivity contribution in [2.45, 2.75) is 47.0 Å². The first-order valence-corrected chi connectivity index (χ1v) is 5.41. The van der Waals surface area contributed by atoms with Crippen molar-refractivity contribution in [3.63, 3.8) is 0 Å². The molecule has 0 heterocycles. The van der Waals surface area contributed by atoms with Gasteiger partial charge in [0.2, 0.25) is 0 Å². The number of esters is 1. The molecule has 0 fully saturated rings. The maximum absolute atomic E-state index is 11.4. The van der Waals surface area contributed by atoms with Gasteiger partial charge < -0.3 is 14.2 Å². The molecular formula is C11H22O4. The Bertz CT molecular complexity index is 179. The van der Waals surface area contributed by atoms with Gasteiger partial charge in [0, 0.05) is 6.61 Å². The summed E-state index contributed by atoms with van der Waals surface area (Å²) in [5.41, 5.74) is 0. The molecule has 0 aromatic carbocycles. The van der Waals surface area contributed by atoms with Crippen molar-refractivity contribution >= 4 is 5.97 Å². The van der Waals surface area contributed by atoms with Gasteiger partial charge in [-0.15, -0.1) is 0 Å². The second kappa shape index (κ2) is 7.65. The van der Waals surface area contributed by atoms with Crippen LogP contribution in [0.2, 0.25) is 0 Å². The SMILES string of the molecule is CCO[C@@H](C)OC(C)C(=O)OCC(C)C. The van der Waals surface area contributed by atoms with Gasteiger partial charge in [-0.3, -0.25) is 0 Å². The van der Waals surface area contributed by atoms with Crippen LogP contribution in [0.5, 0.6) is 0 Å². The number of ether oxygens (including phenoxy) is 3. The van der Waals surface area contributed by atoms with Crippen molar-refractivity contribution < 1.29 is 19.0 Å². The summed E-state index contributed by atoms with van der Waals surface area (Å²) in [5.74, 6) is 0.000665. The monoisotopic (exact) mass is 218 g/mol. The molecule has 0 saturated heterocycles. The zero-order chi connectivity index (χ0) is 11.8. The molecule has 4 nitrogen and oxygen atoms in total. The lowest BCUT2D eigenvalue weighted by atomic mass is 10.2. The number of hydrogen-bond donors (Lipinski definition) is 0. The standard InChI is InChI=1S/C11H22O4/c1-6-13-10(5)15-9(4)11(12)14-7-8(2)3/h8-10H,6-7H2,1-5H3/t9?,10-/m1/s1. The van der Waals surface area contributed by atoms with Crippen LogP contribution in [-0.4, -0.2) is 31.6 Å². The minimum Gasteiger partial charge on any atom is -0.464 e. The van der Waals surface area contributed by atoms with E-state index in [-0.39, 0.29) is 12.3 Å². The van der Waals surface area contributed by atoms with E-state index in [2.05, 4.69) is 0 Å². The summed E-state index contributed by atoms with van der Waals surface area (Å²) in [4.78, 5) is 11.4. The molecule has 0 saturated carbocycles. The summed E-state index contributed by atoms with van der Waals surface area (Å²) < 4.78 is 15.5. The van der Waals surface area contributed by atoms with Crippen LogP contribution < -0.4 is 0 Å². The van der Waals surface area contributed by atoms with Gasteiger partial charge in [0.1, 0.15) is 0 Å². The molecule has 0 bridgehead atoms. The first kappa shape index (κ1) is 14.4. The van der Waals surface area contributed by atoms with Gasteiger partial charge in [-0.2, -0.15) is 0 Å². The van der Waals surface area contributed by atoms with E-state index in [9.17, 15) is 4.79 Å². The van der Waals surface area contributed by atoms with E-state index in [1.165, 1.54) is 0 Å². The minimum atomic E-state index is -0.578. The molecule has 15 heavy (non-hydrogen) atoms. The van der Waals surface area contributed by atoms with E-state index in [1.54, 1.807) is 13.8 Å². The molecule has 0 aromatic rings. The Labute approximate surface area is 91.9 Å². The average molecular weight is 218 g/mol. The van der Waals surface area contributed by atoms with E-state index in [4.69, 9.17) is 14.2 Å². The molecule has 0 spiro atoms. The third kappa shape index (κ3) is 7.33. The molecule has 0 radical (unpaired) electrons. The van der Waals surface area contributed by atoms with Gasteiger partial charge in [-0.25, -0.2) is 4.79 Å². The molecule has 2 atom stereocenters. The van der Waals surface area contributed by atoms with Gasteiger partial charge in [0.15, 0.2) is 12.4 Å². The van der Waals surface area contributed by atoms with Gasteiger partial charge in [0.25, 0.3) is 0 Å². The fraction of sp³-hybridized carbons (Fsp3) is 0.909. The Balaban J connectivity index is 3.78. The predicted octanol–water partition coefficient (Wildman–Crippen LogP) is 1.97. The first-order chi connectivity index (χ1) is 6.97. The predicted molar refractivity (Wildman–Crippen MR) is 57.4 cm³/mol. The molecule has 0 aliphatic heterocycles. The number of carbonyl (C=O) groups excluding carboxylic acids is 1. The largest absolute Gasteiger partial charge is 0.464 e. The highest BCUT2D eigenvalue weighted by Crippen LogP contribution is 2.03. The van der Waals surface area contributed by atoms with E-state index >= 15 is 0 Å². The van der Waals surface area contributed by atoms with Crippen molar-refractivity contribution in [2.24, 2.45) is 5.92 Å². The van der Waals surface area contributed by atoms with Crippen LogP contribution >= 0.6 is 0 Å². The van der Waals surface area contributed by atoms with Gasteiger partial charge in [-0.05, 0) is 26.7 Å². The molecule has 90 valence electrons. The lowest BCUT2D eigenvalue weighted by Gasteiger charge is -2.18. The van der Waals surface area contributed by atoms with E-state index < -0.39 is 6.10 Å².